The minimum atomic E-state index is -0.463. The van der Waals surface area contributed by atoms with Crippen molar-refractivity contribution in [2.45, 2.75) is 20.4 Å². The van der Waals surface area contributed by atoms with Crippen molar-refractivity contribution < 1.29 is 9.59 Å². The largest absolute Gasteiger partial charge is 0.273 e. The number of hydrogen-bond acceptors (Lipinski definition) is 3. The van der Waals surface area contributed by atoms with E-state index in [4.69, 9.17) is 11.6 Å². The number of halogens is 1. The van der Waals surface area contributed by atoms with Gasteiger partial charge < -0.3 is 0 Å². The third kappa shape index (κ3) is 2.78. The molecule has 0 spiro atoms. The van der Waals surface area contributed by atoms with Gasteiger partial charge >= 0.3 is 0 Å². The number of aromatic nitrogens is 1. The molecule has 0 bridgehead atoms. The molecule has 1 aliphatic rings. The van der Waals surface area contributed by atoms with Crippen molar-refractivity contribution in [1.29, 1.82) is 0 Å². The van der Waals surface area contributed by atoms with Crippen LogP contribution in [0.1, 0.15) is 22.3 Å². The first-order chi connectivity index (χ1) is 11.0. The van der Waals surface area contributed by atoms with Gasteiger partial charge in [0.15, 0.2) is 0 Å². The van der Waals surface area contributed by atoms with Crippen LogP contribution in [0, 0.1) is 13.8 Å². The van der Waals surface area contributed by atoms with Crippen LogP contribution in [0.4, 0.5) is 0 Å². The summed E-state index contributed by atoms with van der Waals surface area (Å²) in [4.78, 5) is 30.2. The van der Waals surface area contributed by atoms with Crippen LogP contribution in [0.5, 0.6) is 0 Å². The van der Waals surface area contributed by atoms with E-state index in [-0.39, 0.29) is 23.1 Å². The van der Waals surface area contributed by atoms with Crippen molar-refractivity contribution in [3.05, 3.63) is 70.0 Å². The Hall–Kier alpha value is -2.46. The van der Waals surface area contributed by atoms with Crippen molar-refractivity contribution in [2.75, 3.05) is 0 Å². The number of carbonyl (C=O) groups excluding carboxylic acids is 2. The van der Waals surface area contributed by atoms with Gasteiger partial charge in [0.05, 0.1) is 12.1 Å². The molecule has 2 heterocycles. The van der Waals surface area contributed by atoms with Crippen LogP contribution < -0.4 is 0 Å². The summed E-state index contributed by atoms with van der Waals surface area (Å²) >= 11 is 6.18. The van der Waals surface area contributed by atoms with E-state index in [2.05, 4.69) is 4.98 Å². The Balaban J connectivity index is 1.96. The fraction of sp³-hybridized carbons (Fsp3) is 0.167. The quantitative estimate of drug-likeness (QED) is 0.814. The number of carbonyl (C=O) groups is 2. The normalized spacial score (nSPS) is 14.8. The van der Waals surface area contributed by atoms with Gasteiger partial charge in [-0.2, -0.15) is 0 Å². The van der Waals surface area contributed by atoms with Gasteiger partial charge in [-0.25, -0.2) is 0 Å². The molecule has 0 radical (unpaired) electrons. The fourth-order valence-corrected chi connectivity index (χ4v) is 2.98. The Morgan fingerprint density at radius 1 is 1.13 bits per heavy atom. The minimum absolute atomic E-state index is 0.0224. The van der Waals surface area contributed by atoms with E-state index in [1.807, 2.05) is 38.1 Å². The first-order valence-corrected chi connectivity index (χ1v) is 7.59. The standard InChI is InChI=1S/C18H15ClN2O2/c1-11-5-6-14(12(2)8-11)15-16(19)18(23)21(17(15)22)10-13-4-3-7-20-9-13/h3-9H,10H2,1-2H3. The monoisotopic (exact) mass is 326 g/mol. The zero-order valence-corrected chi connectivity index (χ0v) is 13.6. The van der Waals surface area contributed by atoms with E-state index < -0.39 is 5.91 Å². The predicted molar refractivity (Wildman–Crippen MR) is 88.5 cm³/mol. The molecule has 2 amide bonds. The smallest absolute Gasteiger partial charge is 0.269 e. The first kappa shape index (κ1) is 15.4. The van der Waals surface area contributed by atoms with Gasteiger partial charge in [-0.15, -0.1) is 0 Å². The summed E-state index contributed by atoms with van der Waals surface area (Å²) in [7, 11) is 0. The Morgan fingerprint density at radius 3 is 2.57 bits per heavy atom. The molecule has 2 aromatic rings. The number of imide groups is 1. The number of amides is 2. The molecule has 1 aliphatic heterocycles. The van der Waals surface area contributed by atoms with Crippen molar-refractivity contribution in [3.8, 4) is 0 Å². The van der Waals surface area contributed by atoms with E-state index in [9.17, 15) is 9.59 Å². The van der Waals surface area contributed by atoms with Crippen LogP contribution in [0.15, 0.2) is 47.8 Å². The minimum Gasteiger partial charge on any atom is -0.269 e. The molecule has 0 aliphatic carbocycles. The summed E-state index contributed by atoms with van der Waals surface area (Å²) < 4.78 is 0. The highest BCUT2D eigenvalue weighted by molar-refractivity contribution is 6.55. The maximum atomic E-state index is 12.7. The lowest BCUT2D eigenvalue weighted by atomic mass is 9.99. The molecule has 23 heavy (non-hydrogen) atoms. The number of nitrogens with zero attached hydrogens (tertiary/aromatic N) is 2. The van der Waals surface area contributed by atoms with E-state index in [1.165, 1.54) is 0 Å². The average molecular weight is 327 g/mol. The summed E-state index contributed by atoms with van der Waals surface area (Å²) in [6, 6.07) is 9.28. The number of hydrogen-bond donors (Lipinski definition) is 0. The van der Waals surface area contributed by atoms with Crippen molar-refractivity contribution in [3.63, 3.8) is 0 Å². The Labute approximate surface area is 139 Å². The molecule has 5 heteroatoms. The summed E-state index contributed by atoms with van der Waals surface area (Å²) in [5.41, 5.74) is 3.76. The highest BCUT2D eigenvalue weighted by Gasteiger charge is 2.38. The second-order valence-electron chi connectivity index (χ2n) is 5.57. The molecule has 1 aromatic carbocycles. The third-order valence-electron chi connectivity index (χ3n) is 3.83. The number of aryl methyl sites for hydroxylation is 2. The highest BCUT2D eigenvalue weighted by atomic mass is 35.5. The Bertz CT molecular complexity index is 828. The first-order valence-electron chi connectivity index (χ1n) is 7.21. The summed E-state index contributed by atoms with van der Waals surface area (Å²) in [6.45, 7) is 4.04. The third-order valence-corrected chi connectivity index (χ3v) is 4.18. The SMILES string of the molecule is Cc1ccc(C2=C(Cl)C(=O)N(Cc3cccnc3)C2=O)c(C)c1. The second-order valence-corrected chi connectivity index (χ2v) is 5.94. The molecule has 116 valence electrons. The average Bonchev–Trinajstić information content (AvgIpc) is 2.73. The van der Waals surface area contributed by atoms with Crippen molar-refractivity contribution in [1.82, 2.24) is 9.88 Å². The van der Waals surface area contributed by atoms with Crippen LogP contribution in [-0.4, -0.2) is 21.7 Å². The molecule has 0 N–H and O–H groups in total. The van der Waals surface area contributed by atoms with Gasteiger partial charge in [-0.1, -0.05) is 41.4 Å². The zero-order valence-electron chi connectivity index (χ0n) is 12.8. The van der Waals surface area contributed by atoms with Crippen LogP contribution in [0.25, 0.3) is 5.57 Å². The maximum Gasteiger partial charge on any atom is 0.273 e. The van der Waals surface area contributed by atoms with E-state index >= 15 is 0 Å². The molecular formula is C18H15ClN2O2. The number of rotatable bonds is 3. The topological polar surface area (TPSA) is 50.3 Å². The van der Waals surface area contributed by atoms with E-state index in [1.54, 1.807) is 18.5 Å². The van der Waals surface area contributed by atoms with Gasteiger partial charge in [0.2, 0.25) is 0 Å². The van der Waals surface area contributed by atoms with E-state index in [0.717, 1.165) is 21.6 Å². The summed E-state index contributed by atoms with van der Waals surface area (Å²) in [5.74, 6) is -0.827. The highest BCUT2D eigenvalue weighted by Crippen LogP contribution is 2.34. The molecule has 1 aromatic heterocycles. The summed E-state index contributed by atoms with van der Waals surface area (Å²) in [6.07, 6.45) is 3.27. The molecule has 3 rings (SSSR count). The Kier molecular flexibility index (Phi) is 4.01. The zero-order chi connectivity index (χ0) is 16.6. The molecule has 4 nitrogen and oxygen atoms in total. The lowest BCUT2D eigenvalue weighted by molar-refractivity contribution is -0.137. The molecular weight excluding hydrogens is 312 g/mol. The lowest BCUT2D eigenvalue weighted by Crippen LogP contribution is -2.30. The molecule has 0 fully saturated rings. The van der Waals surface area contributed by atoms with Gasteiger partial charge in [0, 0.05) is 12.4 Å². The second kappa shape index (κ2) is 5.97. The molecule has 0 saturated heterocycles. The van der Waals surface area contributed by atoms with Crippen molar-refractivity contribution in [2.24, 2.45) is 0 Å². The lowest BCUT2D eigenvalue weighted by Gasteiger charge is -2.15. The maximum absolute atomic E-state index is 12.7. The number of pyridine rings is 1. The van der Waals surface area contributed by atoms with Gasteiger partial charge in [-0.05, 0) is 36.6 Å². The summed E-state index contributed by atoms with van der Waals surface area (Å²) in [5, 5.41) is -0.0224. The van der Waals surface area contributed by atoms with Crippen LogP contribution in [0.3, 0.4) is 0 Å². The van der Waals surface area contributed by atoms with Crippen LogP contribution >= 0.6 is 11.6 Å². The molecule has 0 unspecified atom stereocenters. The molecule has 0 atom stereocenters. The number of benzene rings is 1. The van der Waals surface area contributed by atoms with Crippen molar-refractivity contribution >= 4 is 29.0 Å². The van der Waals surface area contributed by atoms with Crippen LogP contribution in [0.2, 0.25) is 0 Å². The Morgan fingerprint density at radius 2 is 1.91 bits per heavy atom. The van der Waals surface area contributed by atoms with Gasteiger partial charge in [0.25, 0.3) is 11.8 Å². The van der Waals surface area contributed by atoms with E-state index in [0.29, 0.717) is 5.56 Å². The predicted octanol–water partition coefficient (Wildman–Crippen LogP) is 3.22. The fourth-order valence-electron chi connectivity index (χ4n) is 2.69. The van der Waals surface area contributed by atoms with Gasteiger partial charge in [0.1, 0.15) is 5.03 Å². The molecule has 0 saturated carbocycles. The van der Waals surface area contributed by atoms with Crippen LogP contribution in [-0.2, 0) is 16.1 Å². The van der Waals surface area contributed by atoms with Gasteiger partial charge in [-0.3, -0.25) is 19.5 Å².